The Morgan fingerprint density at radius 1 is 1.00 bits per heavy atom. The van der Waals surface area contributed by atoms with Crippen molar-refractivity contribution in [3.63, 3.8) is 0 Å². The van der Waals surface area contributed by atoms with Crippen LogP contribution in [-0.2, 0) is 10.0 Å². The van der Waals surface area contributed by atoms with E-state index in [1.807, 2.05) is 12.1 Å². The van der Waals surface area contributed by atoms with Gasteiger partial charge in [-0.05, 0) is 30.7 Å². The Morgan fingerprint density at radius 3 is 2.21 bits per heavy atom. The SMILES string of the molecule is CC(C)c1ccc(S(=O)(=O)N2CCN=C2N2CCN(C)CC2)cc1. The second kappa shape index (κ2) is 6.72. The summed E-state index contributed by atoms with van der Waals surface area (Å²) in [6, 6.07) is 7.23. The zero-order valence-corrected chi connectivity index (χ0v) is 15.5. The predicted molar refractivity (Wildman–Crippen MR) is 95.8 cm³/mol. The highest BCUT2D eigenvalue weighted by Gasteiger charge is 2.34. The van der Waals surface area contributed by atoms with Crippen molar-refractivity contribution in [2.24, 2.45) is 4.99 Å². The number of hydrogen-bond acceptors (Lipinski definition) is 5. The van der Waals surface area contributed by atoms with Crippen molar-refractivity contribution in [3.8, 4) is 0 Å². The van der Waals surface area contributed by atoms with Crippen LogP contribution in [0, 0.1) is 0 Å². The molecule has 2 aliphatic rings. The predicted octanol–water partition coefficient (Wildman–Crippen LogP) is 1.42. The molecule has 3 rings (SSSR count). The summed E-state index contributed by atoms with van der Waals surface area (Å²) in [5.74, 6) is 0.993. The van der Waals surface area contributed by atoms with Gasteiger partial charge in [0.1, 0.15) is 0 Å². The van der Waals surface area contributed by atoms with E-state index in [-0.39, 0.29) is 0 Å². The fourth-order valence-corrected chi connectivity index (χ4v) is 4.51. The van der Waals surface area contributed by atoms with Crippen LogP contribution >= 0.6 is 0 Å². The van der Waals surface area contributed by atoms with Crippen LogP contribution in [0.3, 0.4) is 0 Å². The van der Waals surface area contributed by atoms with Crippen molar-refractivity contribution in [2.45, 2.75) is 24.7 Å². The summed E-state index contributed by atoms with van der Waals surface area (Å²) in [6.07, 6.45) is 0. The molecule has 0 aliphatic carbocycles. The van der Waals surface area contributed by atoms with E-state index in [0.717, 1.165) is 31.7 Å². The summed E-state index contributed by atoms with van der Waals surface area (Å²) < 4.78 is 27.6. The van der Waals surface area contributed by atoms with Gasteiger partial charge in [0, 0.05) is 26.2 Å². The molecule has 0 saturated carbocycles. The average molecular weight is 350 g/mol. The third-order valence-electron chi connectivity index (χ3n) is 4.70. The van der Waals surface area contributed by atoms with Crippen LogP contribution in [0.15, 0.2) is 34.2 Å². The molecule has 7 heteroatoms. The first kappa shape index (κ1) is 17.2. The van der Waals surface area contributed by atoms with Gasteiger partial charge in [-0.1, -0.05) is 26.0 Å². The third kappa shape index (κ3) is 3.28. The average Bonchev–Trinajstić information content (AvgIpc) is 3.06. The monoisotopic (exact) mass is 350 g/mol. The zero-order valence-electron chi connectivity index (χ0n) is 14.6. The quantitative estimate of drug-likeness (QED) is 0.827. The zero-order chi connectivity index (χ0) is 17.3. The summed E-state index contributed by atoms with van der Waals surface area (Å²) in [4.78, 5) is 9.15. The molecular weight excluding hydrogens is 324 g/mol. The number of rotatable bonds is 3. The van der Waals surface area contributed by atoms with E-state index in [1.54, 1.807) is 12.1 Å². The number of hydrogen-bond donors (Lipinski definition) is 0. The van der Waals surface area contributed by atoms with E-state index >= 15 is 0 Å². The lowest BCUT2D eigenvalue weighted by Gasteiger charge is -2.36. The van der Waals surface area contributed by atoms with Gasteiger partial charge in [0.2, 0.25) is 5.96 Å². The van der Waals surface area contributed by atoms with Gasteiger partial charge in [0.05, 0.1) is 18.0 Å². The maximum Gasteiger partial charge on any atom is 0.266 e. The van der Waals surface area contributed by atoms with Crippen molar-refractivity contribution in [3.05, 3.63) is 29.8 Å². The molecule has 1 saturated heterocycles. The fourth-order valence-electron chi connectivity index (χ4n) is 3.06. The lowest BCUT2D eigenvalue weighted by atomic mass is 10.0. The third-order valence-corrected chi connectivity index (χ3v) is 6.49. The van der Waals surface area contributed by atoms with Gasteiger partial charge in [0.25, 0.3) is 10.0 Å². The van der Waals surface area contributed by atoms with Gasteiger partial charge < -0.3 is 9.80 Å². The summed E-state index contributed by atoms with van der Waals surface area (Å²) in [5, 5.41) is 0. The second-order valence-corrected chi connectivity index (χ2v) is 8.64. The number of aliphatic imine (C=N–C) groups is 1. The Balaban J connectivity index is 1.82. The van der Waals surface area contributed by atoms with Gasteiger partial charge in [-0.2, -0.15) is 0 Å². The number of benzene rings is 1. The van der Waals surface area contributed by atoms with Crippen molar-refractivity contribution >= 4 is 16.0 Å². The van der Waals surface area contributed by atoms with E-state index in [4.69, 9.17) is 0 Å². The van der Waals surface area contributed by atoms with E-state index in [9.17, 15) is 8.42 Å². The molecule has 0 amide bonds. The summed E-state index contributed by atoms with van der Waals surface area (Å²) >= 11 is 0. The molecule has 0 aromatic heterocycles. The minimum absolute atomic E-state index is 0.343. The molecule has 1 fully saturated rings. The fraction of sp³-hybridized carbons (Fsp3) is 0.588. The molecule has 0 atom stereocenters. The highest BCUT2D eigenvalue weighted by Crippen LogP contribution is 2.23. The van der Waals surface area contributed by atoms with E-state index in [0.29, 0.717) is 29.9 Å². The van der Waals surface area contributed by atoms with E-state index < -0.39 is 10.0 Å². The normalized spacial score (nSPS) is 19.9. The Hall–Kier alpha value is -1.60. The first-order valence-electron chi connectivity index (χ1n) is 8.50. The lowest BCUT2D eigenvalue weighted by molar-refractivity contribution is 0.208. The van der Waals surface area contributed by atoms with Gasteiger partial charge in [-0.25, -0.2) is 12.7 Å². The topological polar surface area (TPSA) is 56.2 Å². The van der Waals surface area contributed by atoms with Crippen LogP contribution in [0.2, 0.25) is 0 Å². The van der Waals surface area contributed by atoms with Crippen LogP contribution < -0.4 is 0 Å². The molecular formula is C17H26N4O2S. The minimum atomic E-state index is -3.55. The molecule has 0 N–H and O–H groups in total. The molecule has 0 bridgehead atoms. The molecule has 6 nitrogen and oxygen atoms in total. The maximum atomic E-state index is 13.0. The molecule has 2 aliphatic heterocycles. The van der Waals surface area contributed by atoms with Crippen molar-refractivity contribution in [1.82, 2.24) is 14.1 Å². The Morgan fingerprint density at radius 2 is 1.62 bits per heavy atom. The largest absolute Gasteiger partial charge is 0.339 e. The lowest BCUT2D eigenvalue weighted by Crippen LogP contribution is -2.52. The number of sulfonamides is 1. The second-order valence-electron chi connectivity index (χ2n) is 6.77. The van der Waals surface area contributed by atoms with E-state index in [2.05, 4.69) is 35.7 Å². The number of guanidine groups is 1. The van der Waals surface area contributed by atoms with Crippen molar-refractivity contribution in [2.75, 3.05) is 46.3 Å². The highest BCUT2D eigenvalue weighted by atomic mass is 32.2. The van der Waals surface area contributed by atoms with Crippen LogP contribution in [0.4, 0.5) is 0 Å². The molecule has 0 spiro atoms. The first-order valence-corrected chi connectivity index (χ1v) is 9.94. The van der Waals surface area contributed by atoms with Crippen LogP contribution in [0.25, 0.3) is 0 Å². The van der Waals surface area contributed by atoms with Crippen LogP contribution in [-0.4, -0.2) is 74.8 Å². The van der Waals surface area contributed by atoms with Gasteiger partial charge in [-0.15, -0.1) is 0 Å². The molecule has 1 aromatic carbocycles. The van der Waals surface area contributed by atoms with E-state index in [1.165, 1.54) is 4.31 Å². The Bertz CT molecular complexity index is 705. The number of likely N-dealkylation sites (N-methyl/N-ethyl adjacent to an activating group) is 1. The summed E-state index contributed by atoms with van der Waals surface area (Å²) in [6.45, 7) is 8.64. The first-order chi connectivity index (χ1) is 11.4. The molecule has 132 valence electrons. The summed E-state index contributed by atoms with van der Waals surface area (Å²) in [5.41, 5.74) is 1.14. The molecule has 1 aromatic rings. The smallest absolute Gasteiger partial charge is 0.266 e. The van der Waals surface area contributed by atoms with Gasteiger partial charge in [0.15, 0.2) is 0 Å². The minimum Gasteiger partial charge on any atom is -0.339 e. The highest BCUT2D eigenvalue weighted by molar-refractivity contribution is 7.89. The van der Waals surface area contributed by atoms with Crippen LogP contribution in [0.1, 0.15) is 25.3 Å². The van der Waals surface area contributed by atoms with Crippen molar-refractivity contribution in [1.29, 1.82) is 0 Å². The number of nitrogens with zero attached hydrogens (tertiary/aromatic N) is 4. The molecule has 0 radical (unpaired) electrons. The van der Waals surface area contributed by atoms with Crippen molar-refractivity contribution < 1.29 is 8.42 Å². The molecule has 2 heterocycles. The van der Waals surface area contributed by atoms with Crippen LogP contribution in [0.5, 0.6) is 0 Å². The molecule has 0 unspecified atom stereocenters. The standard InChI is InChI=1S/C17H26N4O2S/c1-14(2)15-4-6-16(7-5-15)24(22,23)21-9-8-18-17(21)20-12-10-19(3)11-13-20/h4-7,14H,8-13H2,1-3H3. The summed E-state index contributed by atoms with van der Waals surface area (Å²) in [7, 11) is -1.46. The Kier molecular flexibility index (Phi) is 4.83. The van der Waals surface area contributed by atoms with Gasteiger partial charge in [-0.3, -0.25) is 4.99 Å². The number of piperazine rings is 1. The Labute approximate surface area is 144 Å². The van der Waals surface area contributed by atoms with Gasteiger partial charge >= 0.3 is 0 Å². The maximum absolute atomic E-state index is 13.0. The molecule has 24 heavy (non-hydrogen) atoms.